The van der Waals surface area contributed by atoms with Gasteiger partial charge in [-0.15, -0.1) is 0 Å². The molecule has 6 heteroatoms. The molecule has 24 heavy (non-hydrogen) atoms. The van der Waals surface area contributed by atoms with Crippen LogP contribution in [0.25, 0.3) is 10.9 Å². The lowest BCUT2D eigenvalue weighted by Gasteiger charge is -2.11. The number of hydrogen-bond donors (Lipinski definition) is 0. The predicted molar refractivity (Wildman–Crippen MR) is 89.9 cm³/mol. The van der Waals surface area contributed by atoms with Crippen LogP contribution in [0.15, 0.2) is 53.6 Å². The van der Waals surface area contributed by atoms with Crippen molar-refractivity contribution >= 4 is 16.9 Å². The summed E-state index contributed by atoms with van der Waals surface area (Å²) >= 11 is 0. The zero-order chi connectivity index (χ0) is 16.9. The Kier molecular flexibility index (Phi) is 4.65. The summed E-state index contributed by atoms with van der Waals surface area (Å²) in [6.45, 7) is 2.49. The van der Waals surface area contributed by atoms with Gasteiger partial charge in [-0.25, -0.2) is 9.78 Å². The van der Waals surface area contributed by atoms with E-state index in [1.54, 1.807) is 42.1 Å². The Hall–Kier alpha value is -3.02. The number of carbonyl (C=O) groups excluding carboxylic acids is 1. The quantitative estimate of drug-likeness (QED) is 0.532. The van der Waals surface area contributed by atoms with E-state index < -0.39 is 5.97 Å². The highest BCUT2D eigenvalue weighted by Crippen LogP contribution is 2.08. The second-order valence-corrected chi connectivity index (χ2v) is 5.36. The van der Waals surface area contributed by atoms with Gasteiger partial charge in [-0.2, -0.15) is 0 Å². The zero-order valence-corrected chi connectivity index (χ0v) is 13.3. The largest absolute Gasteiger partial charge is 0.462 e. The number of esters is 1. The molecular formula is C18H17N3O3. The molecule has 0 aliphatic heterocycles. The van der Waals surface area contributed by atoms with Gasteiger partial charge in [0.15, 0.2) is 0 Å². The molecule has 0 radical (unpaired) electrons. The van der Waals surface area contributed by atoms with E-state index in [-0.39, 0.29) is 12.2 Å². The van der Waals surface area contributed by atoms with E-state index in [4.69, 9.17) is 4.74 Å². The molecule has 122 valence electrons. The van der Waals surface area contributed by atoms with Crippen LogP contribution in [0.4, 0.5) is 0 Å². The van der Waals surface area contributed by atoms with Crippen molar-refractivity contribution < 1.29 is 9.53 Å². The van der Waals surface area contributed by atoms with Gasteiger partial charge in [0, 0.05) is 18.9 Å². The van der Waals surface area contributed by atoms with Crippen molar-refractivity contribution in [3.8, 4) is 0 Å². The van der Waals surface area contributed by atoms with Gasteiger partial charge in [0.25, 0.3) is 5.56 Å². The SMILES string of the molecule is Cc1nc2ccccc2c(=O)n1CCCOC(=O)c1ccncc1. The fourth-order valence-corrected chi connectivity index (χ4v) is 2.50. The first-order valence-corrected chi connectivity index (χ1v) is 7.70. The third-order valence-corrected chi connectivity index (χ3v) is 3.73. The first kappa shape index (κ1) is 15.9. The molecule has 1 aromatic carbocycles. The van der Waals surface area contributed by atoms with Crippen LogP contribution in [0, 0.1) is 6.92 Å². The van der Waals surface area contributed by atoms with Crippen LogP contribution in [-0.2, 0) is 11.3 Å². The summed E-state index contributed by atoms with van der Waals surface area (Å²) in [5.74, 6) is 0.261. The number of nitrogens with zero attached hydrogens (tertiary/aromatic N) is 3. The van der Waals surface area contributed by atoms with Crippen LogP contribution in [0.5, 0.6) is 0 Å². The summed E-state index contributed by atoms with van der Waals surface area (Å²) in [5, 5.41) is 0.594. The van der Waals surface area contributed by atoms with Gasteiger partial charge in [-0.1, -0.05) is 12.1 Å². The van der Waals surface area contributed by atoms with Crippen LogP contribution in [0.3, 0.4) is 0 Å². The average molecular weight is 323 g/mol. The van der Waals surface area contributed by atoms with Gasteiger partial charge in [-0.3, -0.25) is 14.3 Å². The van der Waals surface area contributed by atoms with E-state index in [9.17, 15) is 9.59 Å². The fourth-order valence-electron chi connectivity index (χ4n) is 2.50. The molecule has 0 N–H and O–H groups in total. The van der Waals surface area contributed by atoms with Crippen molar-refractivity contribution in [3.63, 3.8) is 0 Å². The summed E-state index contributed by atoms with van der Waals surface area (Å²) in [6, 6.07) is 10.5. The Morgan fingerprint density at radius 1 is 1.17 bits per heavy atom. The van der Waals surface area contributed by atoms with Crippen LogP contribution in [0.1, 0.15) is 22.6 Å². The summed E-state index contributed by atoms with van der Waals surface area (Å²) in [7, 11) is 0. The molecule has 0 aliphatic carbocycles. The second kappa shape index (κ2) is 7.04. The lowest BCUT2D eigenvalue weighted by atomic mass is 10.2. The predicted octanol–water partition coefficient (Wildman–Crippen LogP) is 2.35. The topological polar surface area (TPSA) is 74.1 Å². The number of fused-ring (bicyclic) bond motifs is 1. The third kappa shape index (κ3) is 3.32. The van der Waals surface area contributed by atoms with Crippen LogP contribution < -0.4 is 5.56 Å². The van der Waals surface area contributed by atoms with E-state index >= 15 is 0 Å². The number of rotatable bonds is 5. The molecule has 0 amide bonds. The molecule has 0 atom stereocenters. The Morgan fingerprint density at radius 2 is 1.92 bits per heavy atom. The minimum absolute atomic E-state index is 0.0708. The smallest absolute Gasteiger partial charge is 0.338 e. The summed E-state index contributed by atoms with van der Waals surface area (Å²) in [6.07, 6.45) is 3.62. The van der Waals surface area contributed by atoms with Gasteiger partial charge in [0.2, 0.25) is 0 Å². The average Bonchev–Trinajstić information content (AvgIpc) is 2.61. The molecule has 2 aromatic heterocycles. The molecule has 2 heterocycles. The molecule has 3 rings (SSSR count). The number of aryl methyl sites for hydroxylation is 1. The maximum Gasteiger partial charge on any atom is 0.338 e. The Bertz CT molecular complexity index is 920. The van der Waals surface area contributed by atoms with E-state index in [1.165, 1.54) is 0 Å². The zero-order valence-electron chi connectivity index (χ0n) is 13.3. The van der Waals surface area contributed by atoms with Gasteiger partial charge >= 0.3 is 5.97 Å². The molecule has 0 fully saturated rings. The lowest BCUT2D eigenvalue weighted by molar-refractivity contribution is 0.0495. The van der Waals surface area contributed by atoms with Crippen LogP contribution >= 0.6 is 0 Å². The van der Waals surface area contributed by atoms with E-state index in [2.05, 4.69) is 9.97 Å². The Balaban J connectivity index is 1.64. The normalized spacial score (nSPS) is 10.7. The molecule has 6 nitrogen and oxygen atoms in total. The molecule has 0 saturated carbocycles. The van der Waals surface area contributed by atoms with Crippen molar-refractivity contribution in [2.24, 2.45) is 0 Å². The Morgan fingerprint density at radius 3 is 2.71 bits per heavy atom. The number of benzene rings is 1. The van der Waals surface area contributed by atoms with Crippen molar-refractivity contribution in [2.45, 2.75) is 19.9 Å². The Labute approximate surface area is 138 Å². The van der Waals surface area contributed by atoms with E-state index in [0.29, 0.717) is 35.3 Å². The molecule has 0 saturated heterocycles. The maximum absolute atomic E-state index is 12.5. The standard InChI is InChI=1S/C18H17N3O3/c1-13-20-16-6-3-2-5-15(16)17(22)21(13)11-4-12-24-18(23)14-7-9-19-10-8-14/h2-3,5-10H,4,11-12H2,1H3. The number of ether oxygens (including phenoxy) is 1. The van der Waals surface area contributed by atoms with Gasteiger partial charge in [0.1, 0.15) is 5.82 Å². The number of pyridine rings is 1. The van der Waals surface area contributed by atoms with E-state index in [0.717, 1.165) is 0 Å². The first-order chi connectivity index (χ1) is 11.7. The van der Waals surface area contributed by atoms with Crippen molar-refractivity contribution in [1.82, 2.24) is 14.5 Å². The van der Waals surface area contributed by atoms with E-state index in [1.807, 2.05) is 18.2 Å². The molecule has 0 aliphatic rings. The monoisotopic (exact) mass is 323 g/mol. The second-order valence-electron chi connectivity index (χ2n) is 5.36. The molecule has 0 spiro atoms. The molecule has 3 aromatic rings. The van der Waals surface area contributed by atoms with Gasteiger partial charge in [-0.05, 0) is 37.6 Å². The highest BCUT2D eigenvalue weighted by Gasteiger charge is 2.09. The lowest BCUT2D eigenvalue weighted by Crippen LogP contribution is -2.24. The van der Waals surface area contributed by atoms with Crippen LogP contribution in [0.2, 0.25) is 0 Å². The molecule has 0 unspecified atom stereocenters. The molecule has 0 bridgehead atoms. The minimum Gasteiger partial charge on any atom is -0.462 e. The number of hydrogen-bond acceptors (Lipinski definition) is 5. The number of para-hydroxylation sites is 1. The van der Waals surface area contributed by atoms with Crippen molar-refractivity contribution in [3.05, 3.63) is 70.5 Å². The van der Waals surface area contributed by atoms with Gasteiger partial charge < -0.3 is 4.74 Å². The maximum atomic E-state index is 12.5. The van der Waals surface area contributed by atoms with Gasteiger partial charge in [0.05, 0.1) is 23.1 Å². The van der Waals surface area contributed by atoms with Crippen molar-refractivity contribution in [2.75, 3.05) is 6.61 Å². The fraction of sp³-hybridized carbons (Fsp3) is 0.222. The minimum atomic E-state index is -0.391. The summed E-state index contributed by atoms with van der Waals surface area (Å²) in [4.78, 5) is 32.6. The molecular weight excluding hydrogens is 306 g/mol. The number of carbonyl (C=O) groups is 1. The third-order valence-electron chi connectivity index (χ3n) is 3.73. The first-order valence-electron chi connectivity index (χ1n) is 7.70. The summed E-state index contributed by atoms with van der Waals surface area (Å²) < 4.78 is 6.83. The van der Waals surface area contributed by atoms with Crippen molar-refractivity contribution in [1.29, 1.82) is 0 Å². The highest BCUT2D eigenvalue weighted by atomic mass is 16.5. The van der Waals surface area contributed by atoms with Crippen LogP contribution in [-0.4, -0.2) is 27.1 Å². The highest BCUT2D eigenvalue weighted by molar-refractivity contribution is 5.89. The summed E-state index contributed by atoms with van der Waals surface area (Å²) in [5.41, 5.74) is 1.09. The number of aromatic nitrogens is 3.